The van der Waals surface area contributed by atoms with E-state index in [0.29, 0.717) is 25.3 Å². The van der Waals surface area contributed by atoms with E-state index in [0.717, 1.165) is 45.3 Å². The number of anilines is 1. The molecule has 0 spiro atoms. The van der Waals surface area contributed by atoms with Gasteiger partial charge in [0, 0.05) is 19.5 Å². The van der Waals surface area contributed by atoms with E-state index in [2.05, 4.69) is 5.32 Å². The molecule has 0 bridgehead atoms. The van der Waals surface area contributed by atoms with Crippen molar-refractivity contribution in [1.29, 1.82) is 0 Å². The summed E-state index contributed by atoms with van der Waals surface area (Å²) in [5.41, 5.74) is 2.82. The van der Waals surface area contributed by atoms with Gasteiger partial charge in [0.1, 0.15) is 24.2 Å². The van der Waals surface area contributed by atoms with Gasteiger partial charge in [0.05, 0.1) is 17.2 Å². The average molecular weight is 646 g/mol. The molecule has 0 radical (unpaired) electrons. The minimum atomic E-state index is -4.35. The number of carbonyl (C=O) groups is 2. The van der Waals surface area contributed by atoms with Crippen molar-refractivity contribution in [2.75, 3.05) is 24.0 Å². The number of sulfonamides is 1. The summed E-state index contributed by atoms with van der Waals surface area (Å²) in [6, 6.07) is 26.8. The van der Waals surface area contributed by atoms with Crippen molar-refractivity contribution in [2.24, 2.45) is 0 Å². The molecule has 4 aromatic carbocycles. The normalized spacial score (nSPS) is 11.8. The van der Waals surface area contributed by atoms with Gasteiger partial charge in [-0.25, -0.2) is 12.8 Å². The van der Waals surface area contributed by atoms with E-state index < -0.39 is 34.3 Å². The molecule has 0 unspecified atom stereocenters. The molecular formula is C36H40FN3O5S. The maximum absolute atomic E-state index is 14.5. The number of aryl methyl sites for hydroxylation is 1. The van der Waals surface area contributed by atoms with Crippen LogP contribution in [-0.4, -0.2) is 50.9 Å². The van der Waals surface area contributed by atoms with Crippen LogP contribution in [-0.2, 0) is 32.6 Å². The highest BCUT2D eigenvalue weighted by atomic mass is 32.2. The second-order valence-corrected chi connectivity index (χ2v) is 12.7. The van der Waals surface area contributed by atoms with Crippen LogP contribution in [0.15, 0.2) is 108 Å². The second-order valence-electron chi connectivity index (χ2n) is 10.8. The number of ether oxygens (including phenoxy) is 1. The van der Waals surface area contributed by atoms with Gasteiger partial charge in [0.25, 0.3) is 10.0 Å². The zero-order valence-corrected chi connectivity index (χ0v) is 27.2. The Balaban J connectivity index is 1.80. The Hall–Kier alpha value is -4.70. The SMILES string of the molecule is CCCNC(=O)[C@@H](Cc1ccccc1)N(Cc1ccccc1C)C(=O)CN(c1ccc(OCC)cc1)S(=O)(=O)c1ccc(F)cc1. The molecule has 242 valence electrons. The number of benzene rings is 4. The Morgan fingerprint density at radius 3 is 2.15 bits per heavy atom. The second kappa shape index (κ2) is 16.0. The Morgan fingerprint density at radius 1 is 0.870 bits per heavy atom. The molecule has 0 fully saturated rings. The fraction of sp³-hybridized carbons (Fsp3) is 0.278. The summed E-state index contributed by atoms with van der Waals surface area (Å²) in [4.78, 5) is 29.5. The molecule has 0 saturated heterocycles. The fourth-order valence-corrected chi connectivity index (χ4v) is 6.44. The molecule has 8 nitrogen and oxygen atoms in total. The van der Waals surface area contributed by atoms with Crippen LogP contribution in [0.5, 0.6) is 5.75 Å². The van der Waals surface area contributed by atoms with Gasteiger partial charge in [-0.1, -0.05) is 61.5 Å². The first-order chi connectivity index (χ1) is 22.1. The monoisotopic (exact) mass is 645 g/mol. The third kappa shape index (κ3) is 8.72. The third-order valence-corrected chi connectivity index (χ3v) is 9.33. The van der Waals surface area contributed by atoms with Crippen molar-refractivity contribution < 1.29 is 27.1 Å². The quantitative estimate of drug-likeness (QED) is 0.174. The number of amides is 2. The van der Waals surface area contributed by atoms with E-state index in [9.17, 15) is 22.4 Å². The number of carbonyl (C=O) groups excluding carboxylic acids is 2. The standard InChI is InChI=1S/C36H40FN3O5S/c1-4-23-38-36(42)34(24-28-12-7-6-8-13-28)39(25-29-14-10-9-11-27(29)3)35(41)26-40(31-17-19-32(20-18-31)45-5-2)46(43,44)33-21-15-30(37)16-22-33/h6-22,34H,4-5,23-26H2,1-3H3,(H,38,42)/t34-/m1/s1. The predicted octanol–water partition coefficient (Wildman–Crippen LogP) is 5.89. The van der Waals surface area contributed by atoms with Gasteiger partial charge >= 0.3 is 0 Å². The molecule has 0 aliphatic heterocycles. The van der Waals surface area contributed by atoms with Crippen molar-refractivity contribution in [2.45, 2.75) is 51.1 Å². The molecule has 1 N–H and O–H groups in total. The molecular weight excluding hydrogens is 605 g/mol. The lowest BCUT2D eigenvalue weighted by Gasteiger charge is -2.34. The van der Waals surface area contributed by atoms with Gasteiger partial charge < -0.3 is 15.0 Å². The average Bonchev–Trinajstić information content (AvgIpc) is 3.06. The number of rotatable bonds is 15. The molecule has 0 aliphatic rings. The zero-order valence-electron chi connectivity index (χ0n) is 26.4. The first-order valence-corrected chi connectivity index (χ1v) is 16.7. The largest absolute Gasteiger partial charge is 0.494 e. The van der Waals surface area contributed by atoms with E-state index in [4.69, 9.17) is 4.74 Å². The summed E-state index contributed by atoms with van der Waals surface area (Å²) in [6.45, 7) is 6.02. The molecule has 2 amide bonds. The van der Waals surface area contributed by atoms with Crippen molar-refractivity contribution in [3.8, 4) is 5.75 Å². The van der Waals surface area contributed by atoms with E-state index >= 15 is 0 Å². The van der Waals surface area contributed by atoms with E-state index in [1.165, 1.54) is 4.90 Å². The topological polar surface area (TPSA) is 96.0 Å². The van der Waals surface area contributed by atoms with Crippen molar-refractivity contribution >= 4 is 27.5 Å². The Labute approximate surface area is 270 Å². The van der Waals surface area contributed by atoms with Gasteiger partial charge in [-0.3, -0.25) is 13.9 Å². The lowest BCUT2D eigenvalue weighted by molar-refractivity contribution is -0.140. The minimum absolute atomic E-state index is 0.0796. The molecule has 0 heterocycles. The molecule has 4 aromatic rings. The molecule has 10 heteroatoms. The van der Waals surface area contributed by atoms with Gasteiger partial charge in [-0.15, -0.1) is 0 Å². The number of hydrogen-bond acceptors (Lipinski definition) is 5. The summed E-state index contributed by atoms with van der Waals surface area (Å²) in [7, 11) is -4.35. The summed E-state index contributed by atoms with van der Waals surface area (Å²) in [6.07, 6.45) is 0.929. The maximum Gasteiger partial charge on any atom is 0.264 e. The van der Waals surface area contributed by atoms with E-state index in [-0.39, 0.29) is 29.5 Å². The number of nitrogens with zero attached hydrogens (tertiary/aromatic N) is 2. The van der Waals surface area contributed by atoms with Crippen molar-refractivity contribution in [3.05, 3.63) is 126 Å². The third-order valence-electron chi connectivity index (χ3n) is 7.54. The Bertz CT molecular complexity index is 1700. The van der Waals surface area contributed by atoms with Crippen LogP contribution in [0, 0.1) is 12.7 Å². The lowest BCUT2D eigenvalue weighted by atomic mass is 10.0. The first-order valence-electron chi connectivity index (χ1n) is 15.3. The highest BCUT2D eigenvalue weighted by molar-refractivity contribution is 7.92. The smallest absolute Gasteiger partial charge is 0.264 e. The number of halogens is 1. The van der Waals surface area contributed by atoms with Gasteiger partial charge in [0.15, 0.2) is 0 Å². The summed E-state index contributed by atoms with van der Waals surface area (Å²) in [5.74, 6) is -0.959. The van der Waals surface area contributed by atoms with E-state index in [1.807, 2.05) is 75.4 Å². The van der Waals surface area contributed by atoms with Gasteiger partial charge in [-0.2, -0.15) is 0 Å². The lowest BCUT2D eigenvalue weighted by Crippen LogP contribution is -2.53. The summed E-state index contributed by atoms with van der Waals surface area (Å²) in [5, 5.41) is 2.94. The van der Waals surface area contributed by atoms with Crippen LogP contribution < -0.4 is 14.4 Å². The predicted molar refractivity (Wildman–Crippen MR) is 178 cm³/mol. The molecule has 0 aromatic heterocycles. The van der Waals surface area contributed by atoms with Crippen LogP contribution in [0.25, 0.3) is 0 Å². The summed E-state index contributed by atoms with van der Waals surface area (Å²) >= 11 is 0. The number of nitrogens with one attached hydrogen (secondary N) is 1. The van der Waals surface area contributed by atoms with Crippen LogP contribution in [0.1, 0.15) is 37.0 Å². The van der Waals surface area contributed by atoms with Gasteiger partial charge in [0.2, 0.25) is 11.8 Å². The van der Waals surface area contributed by atoms with Crippen molar-refractivity contribution in [1.82, 2.24) is 10.2 Å². The van der Waals surface area contributed by atoms with Crippen LogP contribution in [0.3, 0.4) is 0 Å². The molecule has 1 atom stereocenters. The fourth-order valence-electron chi connectivity index (χ4n) is 5.03. The number of hydrogen-bond donors (Lipinski definition) is 1. The maximum atomic E-state index is 14.5. The van der Waals surface area contributed by atoms with Crippen molar-refractivity contribution in [3.63, 3.8) is 0 Å². The molecule has 0 saturated carbocycles. The molecule has 0 aliphatic carbocycles. The zero-order chi connectivity index (χ0) is 33.1. The van der Waals surface area contributed by atoms with Crippen LogP contribution >= 0.6 is 0 Å². The highest BCUT2D eigenvalue weighted by Crippen LogP contribution is 2.27. The summed E-state index contributed by atoms with van der Waals surface area (Å²) < 4.78 is 48.5. The Kier molecular flexibility index (Phi) is 11.9. The Morgan fingerprint density at radius 2 is 1.52 bits per heavy atom. The highest BCUT2D eigenvalue weighted by Gasteiger charge is 2.34. The molecule has 4 rings (SSSR count). The molecule has 46 heavy (non-hydrogen) atoms. The first kappa shape index (κ1) is 34.2. The van der Waals surface area contributed by atoms with Gasteiger partial charge in [-0.05, 0) is 85.5 Å². The van der Waals surface area contributed by atoms with E-state index in [1.54, 1.807) is 24.3 Å². The minimum Gasteiger partial charge on any atom is -0.494 e. The van der Waals surface area contributed by atoms with Crippen LogP contribution in [0.4, 0.5) is 10.1 Å². The van der Waals surface area contributed by atoms with Crippen LogP contribution in [0.2, 0.25) is 0 Å².